The van der Waals surface area contributed by atoms with E-state index >= 15 is 0 Å². The van der Waals surface area contributed by atoms with Crippen molar-refractivity contribution in [3.05, 3.63) is 30.2 Å². The van der Waals surface area contributed by atoms with Crippen LogP contribution in [0.15, 0.2) is 28.9 Å². The van der Waals surface area contributed by atoms with Crippen LogP contribution in [0.1, 0.15) is 45.8 Å². The predicted octanol–water partition coefficient (Wildman–Crippen LogP) is 3.17. The summed E-state index contributed by atoms with van der Waals surface area (Å²) < 4.78 is 10.2. The first-order chi connectivity index (χ1) is 11.0. The third-order valence-electron chi connectivity index (χ3n) is 4.62. The van der Waals surface area contributed by atoms with Gasteiger partial charge in [0.25, 0.3) is 5.91 Å². The van der Waals surface area contributed by atoms with E-state index in [1.54, 1.807) is 19.1 Å². The van der Waals surface area contributed by atoms with E-state index in [2.05, 4.69) is 19.2 Å². The molecule has 1 amide bonds. The maximum Gasteiger partial charge on any atom is 0.331 e. The normalized spacial score (nSPS) is 26.0. The zero-order valence-electron chi connectivity index (χ0n) is 14.0. The molecule has 1 N–H and O–H groups in total. The van der Waals surface area contributed by atoms with Crippen LogP contribution < -0.4 is 5.32 Å². The Balaban J connectivity index is 1.81. The maximum atomic E-state index is 12.2. The molecule has 0 saturated heterocycles. The van der Waals surface area contributed by atoms with Crippen LogP contribution >= 0.6 is 0 Å². The number of esters is 1. The minimum absolute atomic E-state index is 0.158. The third kappa shape index (κ3) is 4.98. The monoisotopic (exact) mass is 319 g/mol. The van der Waals surface area contributed by atoms with Gasteiger partial charge in [0.05, 0.1) is 6.26 Å². The minimum atomic E-state index is -0.812. The molecule has 0 unspecified atom stereocenters. The lowest BCUT2D eigenvalue weighted by molar-refractivity contribution is -0.150. The molecule has 2 rings (SSSR count). The van der Waals surface area contributed by atoms with E-state index in [0.717, 1.165) is 12.8 Å². The summed E-state index contributed by atoms with van der Waals surface area (Å²) in [4.78, 5) is 23.9. The average Bonchev–Trinajstić information content (AvgIpc) is 3.03. The first kappa shape index (κ1) is 17.3. The van der Waals surface area contributed by atoms with Crippen molar-refractivity contribution < 1.29 is 18.7 Å². The van der Waals surface area contributed by atoms with Crippen LogP contribution in [0.25, 0.3) is 6.08 Å². The molecule has 0 radical (unpaired) electrons. The van der Waals surface area contributed by atoms with Crippen molar-refractivity contribution >= 4 is 18.0 Å². The zero-order chi connectivity index (χ0) is 16.8. The van der Waals surface area contributed by atoms with Crippen LogP contribution in [0.4, 0.5) is 0 Å². The fourth-order valence-corrected chi connectivity index (χ4v) is 2.89. The summed E-state index contributed by atoms with van der Waals surface area (Å²) in [5.41, 5.74) is 0. The second kappa shape index (κ2) is 7.99. The Kier molecular flexibility index (Phi) is 6.02. The summed E-state index contributed by atoms with van der Waals surface area (Å²) in [5.74, 6) is 0.798. The summed E-state index contributed by atoms with van der Waals surface area (Å²) in [7, 11) is 0. The highest BCUT2D eigenvalue weighted by Crippen LogP contribution is 2.29. The number of hydrogen-bond acceptors (Lipinski definition) is 4. The minimum Gasteiger partial charge on any atom is -0.465 e. The van der Waals surface area contributed by atoms with Gasteiger partial charge in [-0.25, -0.2) is 4.79 Å². The Bertz CT molecular complexity index is 549. The summed E-state index contributed by atoms with van der Waals surface area (Å²) in [6.45, 7) is 5.97. The van der Waals surface area contributed by atoms with Gasteiger partial charge in [-0.3, -0.25) is 4.79 Å². The molecule has 1 heterocycles. The molecule has 0 spiro atoms. The van der Waals surface area contributed by atoms with Gasteiger partial charge >= 0.3 is 5.97 Å². The highest BCUT2D eigenvalue weighted by Gasteiger charge is 2.29. The van der Waals surface area contributed by atoms with Gasteiger partial charge in [-0.05, 0) is 43.4 Å². The fourth-order valence-electron chi connectivity index (χ4n) is 2.89. The van der Waals surface area contributed by atoms with Crippen molar-refractivity contribution in [3.63, 3.8) is 0 Å². The lowest BCUT2D eigenvalue weighted by atomic mass is 9.78. The van der Waals surface area contributed by atoms with Crippen molar-refractivity contribution in [1.82, 2.24) is 5.32 Å². The standard InChI is InChI=1S/C18H25NO4/c1-12-6-4-8-16(13(12)2)19-18(21)14(3)23-17(20)10-9-15-7-5-11-22-15/h5,7,9-14,16H,4,6,8H2,1-3H3,(H,19,21)/b10-9+/t12-,13-,14-,16-/m1/s1. The maximum absolute atomic E-state index is 12.2. The number of carbonyl (C=O) groups is 2. The highest BCUT2D eigenvalue weighted by molar-refractivity contribution is 5.90. The lowest BCUT2D eigenvalue weighted by Crippen LogP contribution is -2.47. The summed E-state index contributed by atoms with van der Waals surface area (Å²) in [5, 5.41) is 3.02. The van der Waals surface area contributed by atoms with Gasteiger partial charge < -0.3 is 14.5 Å². The molecular weight excluding hydrogens is 294 g/mol. The largest absolute Gasteiger partial charge is 0.465 e. The molecule has 0 bridgehead atoms. The molecule has 126 valence electrons. The van der Waals surface area contributed by atoms with E-state index in [9.17, 15) is 9.59 Å². The van der Waals surface area contributed by atoms with E-state index in [1.165, 1.54) is 24.8 Å². The van der Waals surface area contributed by atoms with E-state index in [0.29, 0.717) is 17.6 Å². The van der Waals surface area contributed by atoms with Crippen molar-refractivity contribution in [2.75, 3.05) is 0 Å². The quantitative estimate of drug-likeness (QED) is 0.668. The molecule has 5 heteroatoms. The Hall–Kier alpha value is -2.04. The van der Waals surface area contributed by atoms with Gasteiger partial charge in [-0.2, -0.15) is 0 Å². The molecular formula is C18H25NO4. The van der Waals surface area contributed by atoms with Crippen LogP contribution in [0.2, 0.25) is 0 Å². The van der Waals surface area contributed by atoms with Gasteiger partial charge in [0, 0.05) is 12.1 Å². The molecule has 0 aliphatic heterocycles. The molecule has 1 aliphatic rings. The number of amides is 1. The third-order valence-corrected chi connectivity index (χ3v) is 4.62. The van der Waals surface area contributed by atoms with Crippen LogP contribution in [-0.4, -0.2) is 24.0 Å². The van der Waals surface area contributed by atoms with E-state index in [-0.39, 0.29) is 11.9 Å². The smallest absolute Gasteiger partial charge is 0.331 e. The van der Waals surface area contributed by atoms with Crippen LogP contribution in [-0.2, 0) is 14.3 Å². The van der Waals surface area contributed by atoms with Gasteiger partial charge in [0.2, 0.25) is 0 Å². The Morgan fingerprint density at radius 1 is 1.39 bits per heavy atom. The molecule has 0 aromatic carbocycles. The fraction of sp³-hybridized carbons (Fsp3) is 0.556. The number of rotatable bonds is 5. The second-order valence-corrected chi connectivity index (χ2v) is 6.31. The number of furan rings is 1. The number of carbonyl (C=O) groups excluding carboxylic acids is 2. The Labute approximate surface area is 137 Å². The first-order valence-corrected chi connectivity index (χ1v) is 8.20. The first-order valence-electron chi connectivity index (χ1n) is 8.20. The zero-order valence-corrected chi connectivity index (χ0v) is 14.0. The molecule has 1 aliphatic carbocycles. The molecule has 1 aromatic rings. The molecule has 4 atom stereocenters. The SMILES string of the molecule is C[C@@H]1[C@H](C)CCC[C@H]1NC(=O)[C@@H](C)OC(=O)/C=C/c1ccco1. The molecule has 23 heavy (non-hydrogen) atoms. The highest BCUT2D eigenvalue weighted by atomic mass is 16.5. The van der Waals surface area contributed by atoms with E-state index in [1.807, 2.05) is 0 Å². The Morgan fingerprint density at radius 2 is 2.17 bits per heavy atom. The number of nitrogens with one attached hydrogen (secondary N) is 1. The van der Waals surface area contributed by atoms with Crippen molar-refractivity contribution in [2.24, 2.45) is 11.8 Å². The van der Waals surface area contributed by atoms with Crippen molar-refractivity contribution in [2.45, 2.75) is 52.2 Å². The van der Waals surface area contributed by atoms with Gasteiger partial charge in [0.15, 0.2) is 6.10 Å². The molecule has 1 fully saturated rings. The van der Waals surface area contributed by atoms with E-state index in [4.69, 9.17) is 9.15 Å². The summed E-state index contributed by atoms with van der Waals surface area (Å²) >= 11 is 0. The average molecular weight is 319 g/mol. The van der Waals surface area contributed by atoms with Gasteiger partial charge in [-0.15, -0.1) is 0 Å². The Morgan fingerprint density at radius 3 is 2.87 bits per heavy atom. The number of ether oxygens (including phenoxy) is 1. The van der Waals surface area contributed by atoms with Crippen LogP contribution in [0.3, 0.4) is 0 Å². The molecule has 1 aromatic heterocycles. The topological polar surface area (TPSA) is 68.5 Å². The van der Waals surface area contributed by atoms with Gasteiger partial charge in [0.1, 0.15) is 5.76 Å². The number of hydrogen-bond donors (Lipinski definition) is 1. The predicted molar refractivity (Wildman–Crippen MR) is 87.4 cm³/mol. The van der Waals surface area contributed by atoms with Crippen LogP contribution in [0, 0.1) is 11.8 Å². The van der Waals surface area contributed by atoms with Crippen LogP contribution in [0.5, 0.6) is 0 Å². The molecule has 5 nitrogen and oxygen atoms in total. The van der Waals surface area contributed by atoms with E-state index < -0.39 is 12.1 Å². The van der Waals surface area contributed by atoms with Crippen molar-refractivity contribution in [1.29, 1.82) is 0 Å². The van der Waals surface area contributed by atoms with Crippen molar-refractivity contribution in [3.8, 4) is 0 Å². The summed E-state index contributed by atoms with van der Waals surface area (Å²) in [6.07, 6.45) is 6.79. The summed E-state index contributed by atoms with van der Waals surface area (Å²) in [6, 6.07) is 3.62. The second-order valence-electron chi connectivity index (χ2n) is 6.31. The van der Waals surface area contributed by atoms with Gasteiger partial charge in [-0.1, -0.05) is 26.7 Å². The lowest BCUT2D eigenvalue weighted by Gasteiger charge is -2.35. The molecule has 1 saturated carbocycles.